The summed E-state index contributed by atoms with van der Waals surface area (Å²) in [7, 11) is 2.69. The third-order valence-electron chi connectivity index (χ3n) is 3.84. The van der Waals surface area contributed by atoms with E-state index in [-0.39, 0.29) is 27.8 Å². The summed E-state index contributed by atoms with van der Waals surface area (Å²) in [6, 6.07) is 7.10. The molecule has 1 atom stereocenters. The van der Waals surface area contributed by atoms with Crippen LogP contribution in [0.2, 0.25) is 5.02 Å². The molecule has 10 heteroatoms. The maximum Gasteiger partial charge on any atom is 0.416 e. The first-order chi connectivity index (χ1) is 13.6. The first kappa shape index (κ1) is 22.4. The van der Waals surface area contributed by atoms with Gasteiger partial charge < -0.3 is 19.5 Å². The monoisotopic (exact) mass is 431 g/mol. The van der Waals surface area contributed by atoms with Gasteiger partial charge in [-0.3, -0.25) is 4.79 Å². The lowest BCUT2D eigenvalue weighted by atomic mass is 10.1. The molecule has 0 aliphatic rings. The molecule has 0 aliphatic carbocycles. The number of carbonyl (C=O) groups is 2. The van der Waals surface area contributed by atoms with Gasteiger partial charge in [0.25, 0.3) is 5.91 Å². The van der Waals surface area contributed by atoms with E-state index >= 15 is 0 Å². The highest BCUT2D eigenvalue weighted by atomic mass is 35.5. The molecule has 0 saturated heterocycles. The standard InChI is InChI=1S/C19H17ClF3NO5/c1-10(29-18(26)16-14(27-2)5-4-6-15(16)28-3)17(25)24-13-9-11(19(21,22)23)7-8-12(13)20/h4-10H,1-3H3,(H,24,25). The first-order valence-electron chi connectivity index (χ1n) is 8.18. The Morgan fingerprint density at radius 1 is 1.07 bits per heavy atom. The Balaban J connectivity index is 2.18. The van der Waals surface area contributed by atoms with Crippen molar-refractivity contribution in [2.45, 2.75) is 19.2 Å². The topological polar surface area (TPSA) is 73.9 Å². The number of anilines is 1. The minimum Gasteiger partial charge on any atom is -0.496 e. The Bertz CT molecular complexity index is 895. The van der Waals surface area contributed by atoms with Gasteiger partial charge in [-0.15, -0.1) is 0 Å². The van der Waals surface area contributed by atoms with Gasteiger partial charge in [0.2, 0.25) is 0 Å². The number of carbonyl (C=O) groups excluding carboxylic acids is 2. The third kappa shape index (κ3) is 5.32. The van der Waals surface area contributed by atoms with Gasteiger partial charge in [-0.1, -0.05) is 17.7 Å². The van der Waals surface area contributed by atoms with E-state index in [4.69, 9.17) is 25.8 Å². The van der Waals surface area contributed by atoms with E-state index in [2.05, 4.69) is 5.32 Å². The van der Waals surface area contributed by atoms with Crippen molar-refractivity contribution in [3.8, 4) is 11.5 Å². The quantitative estimate of drug-likeness (QED) is 0.679. The summed E-state index contributed by atoms with van der Waals surface area (Å²) in [5, 5.41) is 2.13. The molecule has 0 fully saturated rings. The zero-order valence-corrected chi connectivity index (χ0v) is 16.4. The van der Waals surface area contributed by atoms with E-state index in [0.29, 0.717) is 6.07 Å². The molecule has 0 bridgehead atoms. The fraction of sp³-hybridized carbons (Fsp3) is 0.263. The van der Waals surface area contributed by atoms with Crippen molar-refractivity contribution >= 4 is 29.2 Å². The lowest BCUT2D eigenvalue weighted by molar-refractivity contribution is -0.137. The molecule has 1 unspecified atom stereocenters. The number of alkyl halides is 3. The highest BCUT2D eigenvalue weighted by Crippen LogP contribution is 2.34. The molecule has 2 aromatic rings. The normalized spacial score (nSPS) is 12.1. The maximum absolute atomic E-state index is 12.8. The Hall–Kier alpha value is -2.94. The average Bonchev–Trinajstić information content (AvgIpc) is 2.67. The minimum absolute atomic E-state index is 0.0331. The summed E-state index contributed by atoms with van der Waals surface area (Å²) in [4.78, 5) is 24.8. The smallest absolute Gasteiger partial charge is 0.416 e. The first-order valence-corrected chi connectivity index (χ1v) is 8.55. The predicted molar refractivity (Wildman–Crippen MR) is 99.5 cm³/mol. The van der Waals surface area contributed by atoms with Crippen LogP contribution in [0.15, 0.2) is 36.4 Å². The second-order valence-electron chi connectivity index (χ2n) is 5.77. The van der Waals surface area contributed by atoms with Crippen molar-refractivity contribution < 1.29 is 37.0 Å². The average molecular weight is 432 g/mol. The largest absolute Gasteiger partial charge is 0.496 e. The second-order valence-corrected chi connectivity index (χ2v) is 6.17. The molecule has 29 heavy (non-hydrogen) atoms. The minimum atomic E-state index is -4.61. The van der Waals surface area contributed by atoms with Crippen LogP contribution in [-0.4, -0.2) is 32.2 Å². The van der Waals surface area contributed by atoms with Crippen LogP contribution in [-0.2, 0) is 15.7 Å². The lowest BCUT2D eigenvalue weighted by Gasteiger charge is -2.17. The van der Waals surface area contributed by atoms with Gasteiger partial charge in [0.15, 0.2) is 6.10 Å². The molecule has 156 valence electrons. The number of nitrogens with one attached hydrogen (secondary N) is 1. The molecular formula is C19H17ClF3NO5. The van der Waals surface area contributed by atoms with Crippen LogP contribution in [0.25, 0.3) is 0 Å². The molecule has 1 amide bonds. The molecule has 2 rings (SSSR count). The van der Waals surface area contributed by atoms with Crippen LogP contribution in [0.5, 0.6) is 11.5 Å². The molecule has 0 aromatic heterocycles. The van der Waals surface area contributed by atoms with Gasteiger partial charge in [0.05, 0.1) is 30.5 Å². The molecule has 6 nitrogen and oxygen atoms in total. The van der Waals surface area contributed by atoms with Crippen molar-refractivity contribution in [2.24, 2.45) is 0 Å². The Morgan fingerprint density at radius 3 is 2.17 bits per heavy atom. The van der Waals surface area contributed by atoms with Crippen molar-refractivity contribution in [1.29, 1.82) is 0 Å². The van der Waals surface area contributed by atoms with Gasteiger partial charge in [0, 0.05) is 0 Å². The van der Waals surface area contributed by atoms with Crippen LogP contribution in [0, 0.1) is 0 Å². The summed E-state index contributed by atoms with van der Waals surface area (Å²) >= 11 is 5.85. The number of hydrogen-bond donors (Lipinski definition) is 1. The Morgan fingerprint density at radius 2 is 1.66 bits per heavy atom. The van der Waals surface area contributed by atoms with E-state index in [9.17, 15) is 22.8 Å². The summed E-state index contributed by atoms with van der Waals surface area (Å²) in [5.74, 6) is -1.43. The molecular weight excluding hydrogens is 415 g/mol. The fourth-order valence-corrected chi connectivity index (χ4v) is 2.52. The number of ether oxygens (including phenoxy) is 3. The van der Waals surface area contributed by atoms with Crippen molar-refractivity contribution in [2.75, 3.05) is 19.5 Å². The predicted octanol–water partition coefficient (Wildman–Crippen LogP) is 4.56. The molecule has 2 aromatic carbocycles. The number of hydrogen-bond acceptors (Lipinski definition) is 5. The summed E-state index contributed by atoms with van der Waals surface area (Å²) in [6.45, 7) is 1.26. The highest BCUT2D eigenvalue weighted by molar-refractivity contribution is 6.33. The van der Waals surface area contributed by atoms with E-state index in [1.807, 2.05) is 0 Å². The van der Waals surface area contributed by atoms with Gasteiger partial charge in [0.1, 0.15) is 17.1 Å². The van der Waals surface area contributed by atoms with Gasteiger partial charge in [-0.25, -0.2) is 4.79 Å². The van der Waals surface area contributed by atoms with Crippen molar-refractivity contribution in [3.63, 3.8) is 0 Å². The number of rotatable bonds is 6. The van der Waals surface area contributed by atoms with Crippen LogP contribution in [0.4, 0.5) is 18.9 Å². The van der Waals surface area contributed by atoms with Crippen LogP contribution in [0.3, 0.4) is 0 Å². The molecule has 0 aliphatic heterocycles. The summed E-state index contributed by atoms with van der Waals surface area (Å²) < 4.78 is 53.9. The van der Waals surface area contributed by atoms with E-state index in [0.717, 1.165) is 12.1 Å². The number of amides is 1. The maximum atomic E-state index is 12.8. The molecule has 0 radical (unpaired) electrons. The summed E-state index contributed by atoms with van der Waals surface area (Å²) in [6.07, 6.45) is -5.95. The van der Waals surface area contributed by atoms with E-state index in [1.54, 1.807) is 6.07 Å². The van der Waals surface area contributed by atoms with Crippen molar-refractivity contribution in [1.82, 2.24) is 0 Å². The summed E-state index contributed by atoms with van der Waals surface area (Å²) in [5.41, 5.74) is -1.28. The lowest BCUT2D eigenvalue weighted by Crippen LogP contribution is -2.30. The Kier molecular flexibility index (Phi) is 6.97. The second kappa shape index (κ2) is 9.04. The van der Waals surface area contributed by atoms with Gasteiger partial charge in [-0.05, 0) is 37.3 Å². The molecule has 1 N–H and O–H groups in total. The molecule has 0 saturated carbocycles. The van der Waals surface area contributed by atoms with Crippen LogP contribution in [0.1, 0.15) is 22.8 Å². The Labute approximate surface area is 169 Å². The number of esters is 1. The highest BCUT2D eigenvalue weighted by Gasteiger charge is 2.31. The van der Waals surface area contributed by atoms with Gasteiger partial charge in [-0.2, -0.15) is 13.2 Å². The third-order valence-corrected chi connectivity index (χ3v) is 4.17. The SMILES string of the molecule is COc1cccc(OC)c1C(=O)OC(C)C(=O)Nc1cc(C(F)(F)F)ccc1Cl. The number of methoxy groups -OCH3 is 2. The zero-order chi connectivity index (χ0) is 21.8. The molecule has 0 spiro atoms. The van der Waals surface area contributed by atoms with E-state index < -0.39 is 29.7 Å². The number of benzene rings is 2. The van der Waals surface area contributed by atoms with E-state index in [1.165, 1.54) is 33.3 Å². The fourth-order valence-electron chi connectivity index (χ4n) is 2.36. The van der Waals surface area contributed by atoms with Crippen LogP contribution < -0.4 is 14.8 Å². The molecule has 0 heterocycles. The zero-order valence-electron chi connectivity index (χ0n) is 15.6. The van der Waals surface area contributed by atoms with Crippen molar-refractivity contribution in [3.05, 3.63) is 52.5 Å². The number of halogens is 4. The van der Waals surface area contributed by atoms with Crippen LogP contribution >= 0.6 is 11.6 Å². The van der Waals surface area contributed by atoms with Gasteiger partial charge >= 0.3 is 12.1 Å².